The number of carbonyl (C=O) groups excluding carboxylic acids is 1. The number of carboxylic acids is 1. The van der Waals surface area contributed by atoms with Gasteiger partial charge in [0.2, 0.25) is 0 Å². The van der Waals surface area contributed by atoms with Crippen LogP contribution in [0.25, 0.3) is 0 Å². The Balaban J connectivity index is 2.19. The van der Waals surface area contributed by atoms with Crippen molar-refractivity contribution in [1.82, 2.24) is 5.32 Å². The monoisotopic (exact) mass is 357 g/mol. The third-order valence-electron chi connectivity index (χ3n) is 3.87. The van der Waals surface area contributed by atoms with Crippen LogP contribution in [-0.4, -0.2) is 22.2 Å². The molecule has 2 atom stereocenters. The number of aryl methyl sites for hydroxylation is 2. The van der Waals surface area contributed by atoms with Crippen molar-refractivity contribution in [3.63, 3.8) is 0 Å². The summed E-state index contributed by atoms with van der Waals surface area (Å²) in [6.45, 7) is 7.62. The van der Waals surface area contributed by atoms with Crippen LogP contribution in [0.2, 0.25) is 0 Å². The van der Waals surface area contributed by atoms with Gasteiger partial charge in [-0.1, -0.05) is 41.5 Å². The van der Waals surface area contributed by atoms with E-state index in [4.69, 9.17) is 5.11 Å². The van der Waals surface area contributed by atoms with E-state index < -0.39 is 11.2 Å². The van der Waals surface area contributed by atoms with Crippen molar-refractivity contribution >= 4 is 23.6 Å². The molecule has 2 aromatic carbocycles. The fourth-order valence-corrected chi connectivity index (χ4v) is 3.54. The molecular weight excluding hydrogens is 334 g/mol. The standard InChI is InChI=1S/C20H23NO3S/c1-12-9-13(2)11-16(10-12)14(3)21-19(22)17-7-5-6-8-18(17)25-15(4)20(23)24/h5-11,14-15H,1-4H3,(H,21,22)(H,23,24). The number of thioether (sulfide) groups is 1. The largest absolute Gasteiger partial charge is 0.480 e. The topological polar surface area (TPSA) is 66.4 Å². The molecule has 2 N–H and O–H groups in total. The van der Waals surface area contributed by atoms with Gasteiger partial charge in [-0.3, -0.25) is 9.59 Å². The number of aliphatic carboxylic acids is 1. The molecule has 132 valence electrons. The van der Waals surface area contributed by atoms with Crippen LogP contribution < -0.4 is 5.32 Å². The van der Waals surface area contributed by atoms with E-state index in [0.717, 1.165) is 16.7 Å². The van der Waals surface area contributed by atoms with Crippen molar-refractivity contribution in [3.05, 3.63) is 64.7 Å². The number of carbonyl (C=O) groups is 2. The van der Waals surface area contributed by atoms with E-state index in [0.29, 0.717) is 10.5 Å². The quantitative estimate of drug-likeness (QED) is 0.754. The fraction of sp³-hybridized carbons (Fsp3) is 0.300. The van der Waals surface area contributed by atoms with E-state index in [1.54, 1.807) is 31.2 Å². The van der Waals surface area contributed by atoms with Crippen LogP contribution in [0.4, 0.5) is 0 Å². The molecule has 0 heterocycles. The Kier molecular flexibility index (Phi) is 6.26. The lowest BCUT2D eigenvalue weighted by Crippen LogP contribution is -2.27. The predicted octanol–water partition coefficient (Wildman–Crippen LogP) is 4.36. The van der Waals surface area contributed by atoms with Crippen molar-refractivity contribution in [1.29, 1.82) is 0 Å². The first-order valence-corrected chi connectivity index (χ1v) is 9.03. The summed E-state index contributed by atoms with van der Waals surface area (Å²) in [4.78, 5) is 24.5. The Bertz CT molecular complexity index is 768. The van der Waals surface area contributed by atoms with Crippen molar-refractivity contribution in [2.75, 3.05) is 0 Å². The van der Waals surface area contributed by atoms with Crippen molar-refractivity contribution < 1.29 is 14.7 Å². The summed E-state index contributed by atoms with van der Waals surface area (Å²) in [7, 11) is 0. The number of hydrogen-bond acceptors (Lipinski definition) is 3. The number of carboxylic acid groups (broad SMARTS) is 1. The normalized spacial score (nSPS) is 13.1. The van der Waals surface area contributed by atoms with Crippen LogP contribution in [0.1, 0.15) is 46.9 Å². The van der Waals surface area contributed by atoms with Crippen LogP contribution >= 0.6 is 11.8 Å². The maximum Gasteiger partial charge on any atom is 0.316 e. The molecule has 0 aliphatic carbocycles. The lowest BCUT2D eigenvalue weighted by Gasteiger charge is -2.17. The van der Waals surface area contributed by atoms with Gasteiger partial charge in [-0.2, -0.15) is 0 Å². The number of hydrogen-bond donors (Lipinski definition) is 2. The van der Waals surface area contributed by atoms with Gasteiger partial charge in [-0.15, -0.1) is 11.8 Å². The first-order valence-electron chi connectivity index (χ1n) is 8.15. The van der Waals surface area contributed by atoms with Crippen molar-refractivity contribution in [3.8, 4) is 0 Å². The summed E-state index contributed by atoms with van der Waals surface area (Å²) >= 11 is 1.17. The molecule has 0 fully saturated rings. The zero-order chi connectivity index (χ0) is 18.6. The fourth-order valence-electron chi connectivity index (χ4n) is 2.62. The molecule has 0 saturated heterocycles. The van der Waals surface area contributed by atoms with Gasteiger partial charge in [-0.25, -0.2) is 0 Å². The van der Waals surface area contributed by atoms with E-state index in [1.807, 2.05) is 20.8 Å². The van der Waals surface area contributed by atoms with Crippen molar-refractivity contribution in [2.45, 2.75) is 43.9 Å². The van der Waals surface area contributed by atoms with Gasteiger partial charge in [0.1, 0.15) is 5.25 Å². The first-order chi connectivity index (χ1) is 11.8. The van der Waals surface area contributed by atoms with Gasteiger partial charge in [0.25, 0.3) is 5.91 Å². The Morgan fingerprint density at radius 3 is 2.24 bits per heavy atom. The average molecular weight is 357 g/mol. The molecule has 1 amide bonds. The molecule has 25 heavy (non-hydrogen) atoms. The molecule has 0 aromatic heterocycles. The molecule has 0 aliphatic heterocycles. The summed E-state index contributed by atoms with van der Waals surface area (Å²) in [6.07, 6.45) is 0. The maximum atomic E-state index is 12.7. The smallest absolute Gasteiger partial charge is 0.316 e. The lowest BCUT2D eigenvalue weighted by atomic mass is 10.0. The zero-order valence-electron chi connectivity index (χ0n) is 14.9. The van der Waals surface area contributed by atoms with Gasteiger partial charge in [0.05, 0.1) is 11.6 Å². The maximum absolute atomic E-state index is 12.7. The molecule has 4 nitrogen and oxygen atoms in total. The Morgan fingerprint density at radius 1 is 1.04 bits per heavy atom. The Morgan fingerprint density at radius 2 is 1.64 bits per heavy atom. The van der Waals surface area contributed by atoms with E-state index in [2.05, 4.69) is 23.5 Å². The minimum atomic E-state index is -0.899. The minimum Gasteiger partial charge on any atom is -0.480 e. The summed E-state index contributed by atoms with van der Waals surface area (Å²) in [5.41, 5.74) is 3.86. The van der Waals surface area contributed by atoms with Crippen molar-refractivity contribution in [2.24, 2.45) is 0 Å². The number of rotatable bonds is 6. The molecule has 0 saturated carbocycles. The van der Waals surface area contributed by atoms with Gasteiger partial charge in [0, 0.05) is 4.90 Å². The number of benzene rings is 2. The molecule has 0 spiro atoms. The zero-order valence-corrected chi connectivity index (χ0v) is 15.7. The lowest BCUT2D eigenvalue weighted by molar-refractivity contribution is -0.136. The molecule has 5 heteroatoms. The highest BCUT2D eigenvalue weighted by Crippen LogP contribution is 2.27. The highest BCUT2D eigenvalue weighted by Gasteiger charge is 2.19. The molecule has 2 aromatic rings. The summed E-state index contributed by atoms with van der Waals surface area (Å²) in [5, 5.41) is 11.5. The van der Waals surface area contributed by atoms with Gasteiger partial charge in [-0.05, 0) is 45.4 Å². The molecule has 0 aliphatic rings. The van der Waals surface area contributed by atoms with Crippen LogP contribution in [0.3, 0.4) is 0 Å². The van der Waals surface area contributed by atoms with Gasteiger partial charge in [0.15, 0.2) is 0 Å². The number of nitrogens with one attached hydrogen (secondary N) is 1. The Hall–Kier alpha value is -2.27. The van der Waals surface area contributed by atoms with Crippen LogP contribution in [0.5, 0.6) is 0 Å². The van der Waals surface area contributed by atoms with E-state index in [9.17, 15) is 9.59 Å². The minimum absolute atomic E-state index is 0.138. The van der Waals surface area contributed by atoms with Gasteiger partial charge >= 0.3 is 5.97 Å². The van der Waals surface area contributed by atoms with E-state index in [1.165, 1.54) is 11.8 Å². The second-order valence-corrected chi connectivity index (χ2v) is 7.59. The van der Waals surface area contributed by atoms with E-state index >= 15 is 0 Å². The second-order valence-electron chi connectivity index (χ2n) is 6.21. The van der Waals surface area contributed by atoms with Crippen LogP contribution in [-0.2, 0) is 4.79 Å². The van der Waals surface area contributed by atoms with Gasteiger partial charge < -0.3 is 10.4 Å². The third kappa shape index (κ3) is 5.10. The highest BCUT2D eigenvalue weighted by molar-refractivity contribution is 8.00. The van der Waals surface area contributed by atoms with Crippen LogP contribution in [0.15, 0.2) is 47.4 Å². The van der Waals surface area contributed by atoms with E-state index in [-0.39, 0.29) is 11.9 Å². The highest BCUT2D eigenvalue weighted by atomic mass is 32.2. The Labute approximate surface area is 152 Å². The summed E-state index contributed by atoms with van der Waals surface area (Å²) < 4.78 is 0. The average Bonchev–Trinajstić information content (AvgIpc) is 2.54. The number of amides is 1. The SMILES string of the molecule is Cc1cc(C)cc(C(C)NC(=O)c2ccccc2SC(C)C(=O)O)c1. The first kappa shape index (κ1) is 19.1. The predicted molar refractivity (Wildman–Crippen MR) is 101 cm³/mol. The molecule has 2 unspecified atom stereocenters. The molecule has 0 radical (unpaired) electrons. The summed E-state index contributed by atoms with van der Waals surface area (Å²) in [5.74, 6) is -1.10. The molecule has 2 rings (SSSR count). The third-order valence-corrected chi connectivity index (χ3v) is 5.04. The molecular formula is C20H23NO3S. The summed E-state index contributed by atoms with van der Waals surface area (Å²) in [6, 6.07) is 13.2. The second kappa shape index (κ2) is 8.21. The van der Waals surface area contributed by atoms with Crippen LogP contribution in [0, 0.1) is 13.8 Å². The molecule has 0 bridgehead atoms.